The van der Waals surface area contributed by atoms with Crippen molar-refractivity contribution in [1.29, 1.82) is 0 Å². The Morgan fingerprint density at radius 1 is 1.16 bits per heavy atom. The van der Waals surface area contributed by atoms with Crippen LogP contribution in [0.2, 0.25) is 10.0 Å². The second kappa shape index (κ2) is 8.85. The molecule has 4 rings (SSSR count). The Bertz CT molecular complexity index is 1100. The Hall–Kier alpha value is -2.63. The Kier molecular flexibility index (Phi) is 6.17. The van der Waals surface area contributed by atoms with Crippen LogP contribution in [0, 0.1) is 0 Å². The summed E-state index contributed by atoms with van der Waals surface area (Å²) in [6.45, 7) is 4.19. The molecule has 2 aliphatic rings. The van der Waals surface area contributed by atoms with Crippen molar-refractivity contribution in [2.75, 3.05) is 0 Å². The topological polar surface area (TPSA) is 66.5 Å². The number of carbonyl (C=O) groups excluding carboxylic acids is 3. The third kappa shape index (κ3) is 4.68. The van der Waals surface area contributed by atoms with Gasteiger partial charge in [0.25, 0.3) is 5.91 Å². The van der Waals surface area contributed by atoms with Gasteiger partial charge < -0.3 is 10.2 Å². The molecule has 31 heavy (non-hydrogen) atoms. The molecule has 2 aromatic carbocycles. The van der Waals surface area contributed by atoms with Crippen molar-refractivity contribution in [2.24, 2.45) is 0 Å². The number of allylic oxidation sites excluding steroid dienone is 1. The highest BCUT2D eigenvalue weighted by Gasteiger charge is 2.38. The van der Waals surface area contributed by atoms with Gasteiger partial charge >= 0.3 is 0 Å². The van der Waals surface area contributed by atoms with Crippen LogP contribution in [0.15, 0.2) is 48.7 Å². The van der Waals surface area contributed by atoms with Crippen LogP contribution in [0.4, 0.5) is 0 Å². The van der Waals surface area contributed by atoms with E-state index in [1.807, 2.05) is 12.1 Å². The normalized spacial score (nSPS) is 18.2. The molecule has 160 valence electrons. The number of halogens is 2. The fourth-order valence-electron chi connectivity index (χ4n) is 4.11. The van der Waals surface area contributed by atoms with Crippen LogP contribution < -0.4 is 5.32 Å². The molecule has 1 fully saturated rings. The predicted molar refractivity (Wildman–Crippen MR) is 120 cm³/mol. The van der Waals surface area contributed by atoms with Gasteiger partial charge in [0.15, 0.2) is 0 Å². The number of Topliss-reactive ketones (excluding diaryl/α,β-unsaturated/α-hetero) is 1. The van der Waals surface area contributed by atoms with Crippen LogP contribution >= 0.6 is 23.2 Å². The average molecular weight is 457 g/mol. The van der Waals surface area contributed by atoms with E-state index in [0.717, 1.165) is 16.7 Å². The van der Waals surface area contributed by atoms with Crippen molar-refractivity contribution in [3.8, 4) is 0 Å². The lowest BCUT2D eigenvalue weighted by Gasteiger charge is -2.30. The van der Waals surface area contributed by atoms with Crippen molar-refractivity contribution in [3.63, 3.8) is 0 Å². The van der Waals surface area contributed by atoms with Gasteiger partial charge in [-0.1, -0.05) is 48.0 Å². The molecule has 1 N–H and O–H groups in total. The van der Waals surface area contributed by atoms with E-state index in [9.17, 15) is 14.4 Å². The third-order valence-corrected chi connectivity index (χ3v) is 6.38. The predicted octanol–water partition coefficient (Wildman–Crippen LogP) is 4.49. The van der Waals surface area contributed by atoms with Crippen molar-refractivity contribution in [1.82, 2.24) is 10.2 Å². The van der Waals surface area contributed by atoms with Crippen LogP contribution in [0.5, 0.6) is 0 Å². The van der Waals surface area contributed by atoms with Gasteiger partial charge in [0, 0.05) is 40.7 Å². The van der Waals surface area contributed by atoms with Crippen molar-refractivity contribution in [2.45, 2.75) is 44.7 Å². The third-order valence-electron chi connectivity index (χ3n) is 5.80. The Balaban J connectivity index is 1.38. The summed E-state index contributed by atoms with van der Waals surface area (Å²) in [5.41, 5.74) is 3.97. The number of fused-ring (bicyclic) bond motifs is 1. The zero-order valence-corrected chi connectivity index (χ0v) is 18.4. The summed E-state index contributed by atoms with van der Waals surface area (Å²) in [7, 11) is 0. The zero-order chi connectivity index (χ0) is 22.1. The van der Waals surface area contributed by atoms with Gasteiger partial charge in [-0.05, 0) is 54.2 Å². The van der Waals surface area contributed by atoms with Gasteiger partial charge in [-0.15, -0.1) is 0 Å². The molecule has 2 aliphatic heterocycles. The number of aryl methyl sites for hydroxylation is 1. The van der Waals surface area contributed by atoms with Gasteiger partial charge in [-0.25, -0.2) is 0 Å². The molecule has 0 bridgehead atoms. The van der Waals surface area contributed by atoms with Crippen molar-refractivity contribution in [3.05, 3.63) is 81.0 Å². The first-order valence-electron chi connectivity index (χ1n) is 10.2. The molecule has 5 nitrogen and oxygen atoms in total. The number of carbonyl (C=O) groups is 3. The van der Waals surface area contributed by atoms with E-state index in [2.05, 4.69) is 11.9 Å². The summed E-state index contributed by atoms with van der Waals surface area (Å²) in [5.74, 6) is -0.215. The number of ketones is 1. The average Bonchev–Trinajstić information content (AvgIpc) is 3.04. The number of hydrogen-bond donors (Lipinski definition) is 1. The van der Waals surface area contributed by atoms with Gasteiger partial charge in [-0.2, -0.15) is 0 Å². The summed E-state index contributed by atoms with van der Waals surface area (Å²) in [4.78, 5) is 39.2. The van der Waals surface area contributed by atoms with Crippen molar-refractivity contribution >= 4 is 40.8 Å². The molecule has 2 amide bonds. The highest BCUT2D eigenvalue weighted by Crippen LogP contribution is 2.29. The largest absolute Gasteiger partial charge is 0.329 e. The van der Waals surface area contributed by atoms with E-state index in [1.54, 1.807) is 29.2 Å². The lowest BCUT2D eigenvalue weighted by molar-refractivity contribution is -0.126. The fourth-order valence-corrected chi connectivity index (χ4v) is 4.59. The van der Waals surface area contributed by atoms with Crippen LogP contribution in [0.1, 0.15) is 46.3 Å². The van der Waals surface area contributed by atoms with E-state index in [4.69, 9.17) is 23.2 Å². The number of benzene rings is 2. The first-order valence-corrected chi connectivity index (χ1v) is 10.9. The molecule has 7 heteroatoms. The zero-order valence-electron chi connectivity index (χ0n) is 16.9. The summed E-state index contributed by atoms with van der Waals surface area (Å²) in [6, 6.07) is 10.3. The summed E-state index contributed by atoms with van der Waals surface area (Å²) < 4.78 is 0. The Morgan fingerprint density at radius 3 is 2.71 bits per heavy atom. The first kappa shape index (κ1) is 21.6. The molecule has 0 aromatic heterocycles. The van der Waals surface area contributed by atoms with Crippen LogP contribution in [0.3, 0.4) is 0 Å². The lowest BCUT2D eigenvalue weighted by Crippen LogP contribution is -2.49. The van der Waals surface area contributed by atoms with E-state index in [1.165, 1.54) is 0 Å². The van der Waals surface area contributed by atoms with E-state index >= 15 is 0 Å². The maximum Gasteiger partial charge on any atom is 0.255 e. The van der Waals surface area contributed by atoms with Crippen LogP contribution in [-0.2, 0) is 29.0 Å². The minimum absolute atomic E-state index is 0.0847. The molecule has 0 spiro atoms. The standard InChI is InChI=1S/C24H22Cl2N2O3/c1-14-2-9-22(23(30)27-14)28-13-17-10-15(4-8-20(17)24(28)31)3-7-19(29)11-16-5-6-18(25)12-21(16)26/h4-6,8,10,12,22H,1-3,7,9,11,13H2,(H,27,30). The molecule has 1 atom stereocenters. The summed E-state index contributed by atoms with van der Waals surface area (Å²) in [6.07, 6.45) is 2.47. The highest BCUT2D eigenvalue weighted by molar-refractivity contribution is 6.35. The smallest absolute Gasteiger partial charge is 0.255 e. The van der Waals surface area contributed by atoms with E-state index in [0.29, 0.717) is 53.5 Å². The number of nitrogens with zero attached hydrogens (tertiary/aromatic N) is 1. The molecular formula is C24H22Cl2N2O3. The van der Waals surface area contributed by atoms with E-state index in [-0.39, 0.29) is 24.0 Å². The molecule has 0 aliphatic carbocycles. The van der Waals surface area contributed by atoms with Gasteiger partial charge in [0.2, 0.25) is 5.91 Å². The Labute approximate surface area is 191 Å². The number of piperidine rings is 1. The number of rotatable bonds is 6. The molecule has 1 saturated heterocycles. The second-order valence-electron chi connectivity index (χ2n) is 8.02. The van der Waals surface area contributed by atoms with E-state index < -0.39 is 6.04 Å². The van der Waals surface area contributed by atoms with Gasteiger partial charge in [-0.3, -0.25) is 14.4 Å². The van der Waals surface area contributed by atoms with Crippen LogP contribution in [-0.4, -0.2) is 28.5 Å². The number of hydrogen-bond acceptors (Lipinski definition) is 3. The highest BCUT2D eigenvalue weighted by atomic mass is 35.5. The quantitative estimate of drug-likeness (QED) is 0.696. The Morgan fingerprint density at radius 2 is 1.97 bits per heavy atom. The first-order chi connectivity index (χ1) is 14.8. The monoisotopic (exact) mass is 456 g/mol. The molecule has 0 saturated carbocycles. The fraction of sp³-hybridized carbons (Fsp3) is 0.292. The van der Waals surface area contributed by atoms with Crippen molar-refractivity contribution < 1.29 is 14.4 Å². The second-order valence-corrected chi connectivity index (χ2v) is 8.87. The SMILES string of the molecule is C=C1CCC(N2Cc3cc(CCC(=O)Cc4ccc(Cl)cc4Cl)ccc3C2=O)C(=O)N1. The van der Waals surface area contributed by atoms with Crippen LogP contribution in [0.25, 0.3) is 0 Å². The van der Waals surface area contributed by atoms with Gasteiger partial charge in [0.05, 0.1) is 0 Å². The number of amides is 2. The maximum absolute atomic E-state index is 12.8. The summed E-state index contributed by atoms with van der Waals surface area (Å²) >= 11 is 12.1. The molecule has 0 radical (unpaired) electrons. The lowest BCUT2D eigenvalue weighted by atomic mass is 9.99. The molecular weight excluding hydrogens is 435 g/mol. The summed E-state index contributed by atoms with van der Waals surface area (Å²) in [5, 5.41) is 3.78. The molecule has 2 aromatic rings. The molecule has 2 heterocycles. The maximum atomic E-state index is 12.8. The minimum Gasteiger partial charge on any atom is -0.329 e. The molecule has 1 unspecified atom stereocenters. The number of nitrogens with one attached hydrogen (secondary N) is 1. The van der Waals surface area contributed by atoms with Gasteiger partial charge in [0.1, 0.15) is 11.8 Å². The minimum atomic E-state index is -0.473.